The van der Waals surface area contributed by atoms with Crippen LogP contribution >= 0.6 is 0 Å². The van der Waals surface area contributed by atoms with Crippen molar-refractivity contribution in [1.29, 1.82) is 0 Å². The third-order valence-electron chi connectivity index (χ3n) is 3.67. The molecule has 0 aromatic heterocycles. The van der Waals surface area contributed by atoms with Gasteiger partial charge in [0.15, 0.2) is 0 Å². The van der Waals surface area contributed by atoms with Gasteiger partial charge in [-0.25, -0.2) is 0 Å². The third kappa shape index (κ3) is 3.66. The van der Waals surface area contributed by atoms with E-state index in [0.29, 0.717) is 6.42 Å². The minimum Gasteiger partial charge on any atom is -0.481 e. The summed E-state index contributed by atoms with van der Waals surface area (Å²) in [7, 11) is 0. The van der Waals surface area contributed by atoms with Gasteiger partial charge in [0.25, 0.3) is 0 Å². The molecule has 1 N–H and O–H groups in total. The second kappa shape index (κ2) is 6.07. The Bertz CT molecular complexity index is 254. The van der Waals surface area contributed by atoms with Gasteiger partial charge in [0.2, 0.25) is 0 Å². The van der Waals surface area contributed by atoms with Crippen molar-refractivity contribution in [2.45, 2.75) is 65.2 Å². The molecule has 0 aromatic carbocycles. The second-order valence-electron chi connectivity index (χ2n) is 5.34. The molecule has 0 bridgehead atoms. The fourth-order valence-corrected chi connectivity index (χ4v) is 2.49. The van der Waals surface area contributed by atoms with Gasteiger partial charge in [-0.1, -0.05) is 43.8 Å². The zero-order valence-electron chi connectivity index (χ0n) is 10.6. The average Bonchev–Trinajstić information content (AvgIpc) is 2.15. The molecule has 0 radical (unpaired) electrons. The fourth-order valence-electron chi connectivity index (χ4n) is 2.49. The molecule has 1 fully saturated rings. The molecule has 2 nitrogen and oxygen atoms in total. The van der Waals surface area contributed by atoms with E-state index in [4.69, 9.17) is 0 Å². The van der Waals surface area contributed by atoms with Crippen molar-refractivity contribution < 1.29 is 9.90 Å². The summed E-state index contributed by atoms with van der Waals surface area (Å²) in [6.07, 6.45) is 10.3. The van der Waals surface area contributed by atoms with Crippen molar-refractivity contribution >= 4 is 5.97 Å². The van der Waals surface area contributed by atoms with E-state index in [1.165, 1.54) is 24.8 Å². The van der Waals surface area contributed by atoms with E-state index in [9.17, 15) is 9.90 Å². The molecule has 2 heteroatoms. The molecule has 0 aliphatic heterocycles. The van der Waals surface area contributed by atoms with Crippen molar-refractivity contribution in [2.75, 3.05) is 0 Å². The van der Waals surface area contributed by atoms with Crippen molar-refractivity contribution in [3.05, 3.63) is 11.6 Å². The molecule has 0 unspecified atom stereocenters. The van der Waals surface area contributed by atoms with Crippen LogP contribution in [0.1, 0.15) is 65.2 Å². The second-order valence-corrected chi connectivity index (χ2v) is 5.34. The van der Waals surface area contributed by atoms with Crippen molar-refractivity contribution in [1.82, 2.24) is 0 Å². The first-order valence-corrected chi connectivity index (χ1v) is 6.44. The fraction of sp³-hybridized carbons (Fsp3) is 0.786. The lowest BCUT2D eigenvalue weighted by atomic mass is 9.73. The number of hydrogen-bond acceptors (Lipinski definition) is 1. The first-order valence-electron chi connectivity index (χ1n) is 6.44. The van der Waals surface area contributed by atoms with Crippen LogP contribution in [0.25, 0.3) is 0 Å². The summed E-state index contributed by atoms with van der Waals surface area (Å²) in [5.74, 6) is -0.591. The van der Waals surface area contributed by atoms with Crippen LogP contribution in [0.5, 0.6) is 0 Å². The Kier molecular flexibility index (Phi) is 5.04. The van der Waals surface area contributed by atoms with Crippen LogP contribution in [0.3, 0.4) is 0 Å². The molecule has 1 aliphatic carbocycles. The summed E-state index contributed by atoms with van der Waals surface area (Å²) in [6, 6.07) is 0. The summed E-state index contributed by atoms with van der Waals surface area (Å²) in [5.41, 5.74) is 0.750. The molecule has 0 saturated heterocycles. The largest absolute Gasteiger partial charge is 0.481 e. The predicted octanol–water partition coefficient (Wildman–Crippen LogP) is 4.16. The summed E-state index contributed by atoms with van der Waals surface area (Å²) in [5, 5.41) is 9.49. The van der Waals surface area contributed by atoms with Gasteiger partial charge in [-0.2, -0.15) is 0 Å². The van der Waals surface area contributed by atoms with E-state index in [1.54, 1.807) is 0 Å². The van der Waals surface area contributed by atoms with E-state index < -0.39 is 11.4 Å². The van der Waals surface area contributed by atoms with Crippen LogP contribution in [-0.2, 0) is 4.79 Å². The Balaban J connectivity index is 2.75. The van der Waals surface area contributed by atoms with E-state index in [2.05, 4.69) is 6.08 Å². The maximum Gasteiger partial charge on any atom is 0.309 e. The Hall–Kier alpha value is -0.790. The lowest BCUT2D eigenvalue weighted by Crippen LogP contribution is -2.31. The number of aliphatic carboxylic acids is 1. The first kappa shape index (κ1) is 13.3. The SMILES string of the molecule is CC(C)=CCC1(C(=O)O)CCCCCCC1. The van der Waals surface area contributed by atoms with E-state index in [-0.39, 0.29) is 0 Å². The van der Waals surface area contributed by atoms with Gasteiger partial charge in [0.05, 0.1) is 5.41 Å². The highest BCUT2D eigenvalue weighted by Crippen LogP contribution is 2.38. The highest BCUT2D eigenvalue weighted by molar-refractivity contribution is 5.74. The standard InChI is InChI=1S/C14H24O2/c1-12(2)8-11-14(13(15)16)9-6-4-3-5-7-10-14/h8H,3-7,9-11H2,1-2H3,(H,15,16). The summed E-state index contributed by atoms with van der Waals surface area (Å²) < 4.78 is 0. The van der Waals surface area contributed by atoms with Gasteiger partial charge >= 0.3 is 5.97 Å². The highest BCUT2D eigenvalue weighted by Gasteiger charge is 2.36. The quantitative estimate of drug-likeness (QED) is 0.731. The summed E-state index contributed by atoms with van der Waals surface area (Å²) >= 11 is 0. The van der Waals surface area contributed by atoms with Gasteiger partial charge in [-0.3, -0.25) is 4.79 Å². The van der Waals surface area contributed by atoms with Crippen LogP contribution in [0, 0.1) is 5.41 Å². The zero-order chi connectivity index (χ0) is 12.0. The number of carboxylic acids is 1. The number of carbonyl (C=O) groups is 1. The molecule has 0 amide bonds. The van der Waals surface area contributed by atoms with Gasteiger partial charge in [0.1, 0.15) is 0 Å². The van der Waals surface area contributed by atoms with Crippen LogP contribution in [0.15, 0.2) is 11.6 Å². The predicted molar refractivity (Wildman–Crippen MR) is 66.4 cm³/mol. The maximum atomic E-state index is 11.5. The Morgan fingerprint density at radius 2 is 1.62 bits per heavy atom. The number of carboxylic acid groups (broad SMARTS) is 1. The monoisotopic (exact) mass is 224 g/mol. The van der Waals surface area contributed by atoms with E-state index in [0.717, 1.165) is 25.7 Å². The van der Waals surface area contributed by atoms with Gasteiger partial charge in [0, 0.05) is 0 Å². The molecule has 0 spiro atoms. The average molecular weight is 224 g/mol. The molecule has 0 aromatic rings. The van der Waals surface area contributed by atoms with E-state index >= 15 is 0 Å². The van der Waals surface area contributed by atoms with Crippen molar-refractivity contribution in [3.63, 3.8) is 0 Å². The van der Waals surface area contributed by atoms with Crippen molar-refractivity contribution in [3.8, 4) is 0 Å². The molecular formula is C14H24O2. The normalized spacial score (nSPS) is 20.6. The summed E-state index contributed by atoms with van der Waals surface area (Å²) in [4.78, 5) is 11.5. The molecule has 0 heterocycles. The van der Waals surface area contributed by atoms with Crippen LogP contribution in [0.4, 0.5) is 0 Å². The molecule has 0 atom stereocenters. The molecule has 1 rings (SSSR count). The minimum atomic E-state index is -0.591. The van der Waals surface area contributed by atoms with Crippen LogP contribution < -0.4 is 0 Å². The van der Waals surface area contributed by atoms with Crippen LogP contribution in [0.2, 0.25) is 0 Å². The van der Waals surface area contributed by atoms with Gasteiger partial charge < -0.3 is 5.11 Å². The smallest absolute Gasteiger partial charge is 0.309 e. The topological polar surface area (TPSA) is 37.3 Å². The van der Waals surface area contributed by atoms with Gasteiger partial charge in [-0.15, -0.1) is 0 Å². The lowest BCUT2D eigenvalue weighted by molar-refractivity contribution is -0.150. The van der Waals surface area contributed by atoms with Crippen molar-refractivity contribution in [2.24, 2.45) is 5.41 Å². The number of rotatable bonds is 3. The minimum absolute atomic E-state index is 0.475. The molecule has 92 valence electrons. The number of allylic oxidation sites excluding steroid dienone is 2. The lowest BCUT2D eigenvalue weighted by Gasteiger charge is -2.30. The summed E-state index contributed by atoms with van der Waals surface area (Å²) in [6.45, 7) is 4.08. The third-order valence-corrected chi connectivity index (χ3v) is 3.67. The van der Waals surface area contributed by atoms with E-state index in [1.807, 2.05) is 13.8 Å². The molecule has 1 aliphatic rings. The van der Waals surface area contributed by atoms with Crippen LogP contribution in [-0.4, -0.2) is 11.1 Å². The first-order chi connectivity index (χ1) is 7.57. The molecular weight excluding hydrogens is 200 g/mol. The molecule has 1 saturated carbocycles. The Morgan fingerprint density at radius 3 is 2.06 bits per heavy atom. The Morgan fingerprint density at radius 1 is 1.12 bits per heavy atom. The molecule has 16 heavy (non-hydrogen) atoms. The number of hydrogen-bond donors (Lipinski definition) is 1. The maximum absolute atomic E-state index is 11.5. The highest BCUT2D eigenvalue weighted by atomic mass is 16.4. The van der Waals surface area contributed by atoms with Gasteiger partial charge in [-0.05, 0) is 33.1 Å². The zero-order valence-corrected chi connectivity index (χ0v) is 10.6. The Labute approximate surface area is 98.7 Å².